The number of nitrogens with zero attached hydrogens (tertiary/aromatic N) is 1. The molecule has 7 heteroatoms. The van der Waals surface area contributed by atoms with Gasteiger partial charge < -0.3 is 15.5 Å². The summed E-state index contributed by atoms with van der Waals surface area (Å²) in [6.45, 7) is 2.49. The number of hydrogen-bond donors (Lipinski definition) is 2. The number of nitrogens with one attached hydrogen (secondary N) is 2. The molecule has 2 aromatic rings. The molecular weight excluding hydrogens is 402 g/mol. The van der Waals surface area contributed by atoms with Crippen LogP contribution in [0.5, 0.6) is 0 Å². The SMILES string of the molecule is CC(=O)NC(CC(=O)N1CCC(C(=O)Nc2ccccc2)CC1)c1ccc(Cl)cc1. The molecule has 0 radical (unpaired) electrons. The molecule has 0 aromatic heterocycles. The molecular formula is C23H26ClN3O3. The molecule has 3 amide bonds. The van der Waals surface area contributed by atoms with Gasteiger partial charge >= 0.3 is 0 Å². The van der Waals surface area contributed by atoms with Crippen molar-refractivity contribution in [2.45, 2.75) is 32.2 Å². The number of amides is 3. The quantitative estimate of drug-likeness (QED) is 0.736. The summed E-state index contributed by atoms with van der Waals surface area (Å²) in [4.78, 5) is 38.7. The van der Waals surface area contributed by atoms with E-state index in [0.29, 0.717) is 31.0 Å². The van der Waals surface area contributed by atoms with Gasteiger partial charge in [-0.2, -0.15) is 0 Å². The largest absolute Gasteiger partial charge is 0.349 e. The van der Waals surface area contributed by atoms with Crippen LogP contribution < -0.4 is 10.6 Å². The maximum Gasteiger partial charge on any atom is 0.227 e. The lowest BCUT2D eigenvalue weighted by Crippen LogP contribution is -2.43. The van der Waals surface area contributed by atoms with Crippen LogP contribution in [0.4, 0.5) is 5.69 Å². The summed E-state index contributed by atoms with van der Waals surface area (Å²) in [5.41, 5.74) is 1.61. The van der Waals surface area contributed by atoms with E-state index in [1.54, 1.807) is 17.0 Å². The van der Waals surface area contributed by atoms with Gasteiger partial charge in [-0.1, -0.05) is 41.9 Å². The zero-order valence-corrected chi connectivity index (χ0v) is 17.7. The normalized spacial score (nSPS) is 15.3. The van der Waals surface area contributed by atoms with Crippen LogP contribution in [0.1, 0.15) is 37.8 Å². The Morgan fingerprint density at radius 3 is 2.27 bits per heavy atom. The van der Waals surface area contributed by atoms with E-state index in [1.165, 1.54) is 6.92 Å². The second kappa shape index (κ2) is 10.3. The molecule has 0 spiro atoms. The van der Waals surface area contributed by atoms with Crippen LogP contribution in [0.15, 0.2) is 54.6 Å². The topological polar surface area (TPSA) is 78.5 Å². The van der Waals surface area contributed by atoms with E-state index in [1.807, 2.05) is 42.5 Å². The van der Waals surface area contributed by atoms with Gasteiger partial charge in [0.2, 0.25) is 17.7 Å². The molecule has 1 atom stereocenters. The van der Waals surface area contributed by atoms with Gasteiger partial charge in [-0.15, -0.1) is 0 Å². The molecule has 6 nitrogen and oxygen atoms in total. The predicted molar refractivity (Wildman–Crippen MR) is 117 cm³/mol. The minimum atomic E-state index is -0.411. The summed E-state index contributed by atoms with van der Waals surface area (Å²) in [6.07, 6.45) is 1.41. The molecule has 1 saturated heterocycles. The zero-order valence-electron chi connectivity index (χ0n) is 16.9. The number of likely N-dealkylation sites (tertiary alicyclic amines) is 1. The van der Waals surface area contributed by atoms with Crippen molar-refractivity contribution in [1.29, 1.82) is 0 Å². The lowest BCUT2D eigenvalue weighted by molar-refractivity contribution is -0.135. The number of hydrogen-bond acceptors (Lipinski definition) is 3. The van der Waals surface area contributed by atoms with E-state index in [-0.39, 0.29) is 30.1 Å². The predicted octanol–water partition coefficient (Wildman–Crippen LogP) is 3.78. The molecule has 0 bridgehead atoms. The standard InChI is InChI=1S/C23H26ClN3O3/c1-16(28)25-21(17-7-9-19(24)10-8-17)15-22(29)27-13-11-18(12-14-27)23(30)26-20-5-3-2-4-6-20/h2-10,18,21H,11-15H2,1H3,(H,25,28)(H,26,30). The van der Waals surface area contributed by atoms with Crippen molar-refractivity contribution in [3.63, 3.8) is 0 Å². The number of halogens is 1. The number of para-hydroxylation sites is 1. The third-order valence-corrected chi connectivity index (χ3v) is 5.54. The van der Waals surface area contributed by atoms with Crippen molar-refractivity contribution in [2.75, 3.05) is 18.4 Å². The molecule has 1 heterocycles. The summed E-state index contributed by atoms with van der Waals surface area (Å²) >= 11 is 5.94. The van der Waals surface area contributed by atoms with E-state index in [2.05, 4.69) is 10.6 Å². The Balaban J connectivity index is 1.55. The van der Waals surface area contributed by atoms with Crippen molar-refractivity contribution in [3.8, 4) is 0 Å². The number of carbonyl (C=O) groups is 3. The molecule has 1 fully saturated rings. The Morgan fingerprint density at radius 1 is 1.03 bits per heavy atom. The number of carbonyl (C=O) groups excluding carboxylic acids is 3. The summed E-state index contributed by atoms with van der Waals surface area (Å²) in [5, 5.41) is 6.38. The molecule has 1 aliphatic rings. The molecule has 0 saturated carbocycles. The average Bonchev–Trinajstić information content (AvgIpc) is 2.74. The first kappa shape index (κ1) is 21.8. The fraction of sp³-hybridized carbons (Fsp3) is 0.348. The van der Waals surface area contributed by atoms with Crippen molar-refractivity contribution in [3.05, 3.63) is 65.2 Å². The highest BCUT2D eigenvalue weighted by Gasteiger charge is 2.29. The van der Waals surface area contributed by atoms with Gasteiger partial charge in [0, 0.05) is 36.6 Å². The second-order valence-electron chi connectivity index (χ2n) is 7.52. The van der Waals surface area contributed by atoms with Crippen LogP contribution in [0.2, 0.25) is 5.02 Å². The Labute approximate surface area is 181 Å². The third kappa shape index (κ3) is 6.07. The molecule has 158 valence electrons. The van der Waals surface area contributed by atoms with Crippen molar-refractivity contribution in [2.24, 2.45) is 5.92 Å². The molecule has 3 rings (SSSR count). The van der Waals surface area contributed by atoms with Gasteiger partial charge in [-0.05, 0) is 42.7 Å². The second-order valence-corrected chi connectivity index (χ2v) is 7.96. The average molecular weight is 428 g/mol. The van der Waals surface area contributed by atoms with E-state index >= 15 is 0 Å². The van der Waals surface area contributed by atoms with Crippen LogP contribution in [-0.2, 0) is 14.4 Å². The summed E-state index contributed by atoms with van der Waals surface area (Å²) in [5.74, 6) is -0.355. The van der Waals surface area contributed by atoms with Crippen LogP contribution in [0.25, 0.3) is 0 Å². The maximum absolute atomic E-state index is 12.8. The van der Waals surface area contributed by atoms with Crippen molar-refractivity contribution in [1.82, 2.24) is 10.2 Å². The van der Waals surface area contributed by atoms with Crippen molar-refractivity contribution < 1.29 is 14.4 Å². The highest BCUT2D eigenvalue weighted by atomic mass is 35.5. The van der Waals surface area contributed by atoms with E-state index in [0.717, 1.165) is 11.3 Å². The molecule has 1 unspecified atom stereocenters. The Bertz CT molecular complexity index is 878. The lowest BCUT2D eigenvalue weighted by Gasteiger charge is -2.32. The van der Waals surface area contributed by atoms with Crippen LogP contribution in [0, 0.1) is 5.92 Å². The highest BCUT2D eigenvalue weighted by molar-refractivity contribution is 6.30. The zero-order chi connectivity index (χ0) is 21.5. The molecule has 1 aliphatic heterocycles. The Hall–Kier alpha value is -2.86. The van der Waals surface area contributed by atoms with E-state index < -0.39 is 6.04 Å². The van der Waals surface area contributed by atoms with E-state index in [9.17, 15) is 14.4 Å². The first-order valence-corrected chi connectivity index (χ1v) is 10.5. The van der Waals surface area contributed by atoms with Crippen molar-refractivity contribution >= 4 is 35.0 Å². The number of rotatable bonds is 6. The maximum atomic E-state index is 12.8. The minimum absolute atomic E-state index is 0.00872. The molecule has 2 N–H and O–H groups in total. The van der Waals surface area contributed by atoms with Gasteiger partial charge in [-0.3, -0.25) is 14.4 Å². The monoisotopic (exact) mass is 427 g/mol. The van der Waals surface area contributed by atoms with Crippen LogP contribution in [-0.4, -0.2) is 35.7 Å². The lowest BCUT2D eigenvalue weighted by atomic mass is 9.95. The first-order chi connectivity index (χ1) is 14.4. The molecule has 0 aliphatic carbocycles. The minimum Gasteiger partial charge on any atom is -0.349 e. The summed E-state index contributed by atoms with van der Waals surface area (Å²) < 4.78 is 0. The molecule has 2 aromatic carbocycles. The number of benzene rings is 2. The van der Waals surface area contributed by atoms with Gasteiger partial charge in [-0.25, -0.2) is 0 Å². The van der Waals surface area contributed by atoms with Crippen LogP contribution >= 0.6 is 11.6 Å². The fourth-order valence-electron chi connectivity index (χ4n) is 3.65. The highest BCUT2D eigenvalue weighted by Crippen LogP contribution is 2.24. The van der Waals surface area contributed by atoms with Gasteiger partial charge in [0.15, 0.2) is 0 Å². The van der Waals surface area contributed by atoms with Gasteiger partial charge in [0.1, 0.15) is 0 Å². The smallest absolute Gasteiger partial charge is 0.227 e. The number of anilines is 1. The molecule has 30 heavy (non-hydrogen) atoms. The number of piperidine rings is 1. The Morgan fingerprint density at radius 2 is 1.67 bits per heavy atom. The third-order valence-electron chi connectivity index (χ3n) is 5.29. The Kier molecular flexibility index (Phi) is 7.46. The first-order valence-electron chi connectivity index (χ1n) is 10.1. The summed E-state index contributed by atoms with van der Waals surface area (Å²) in [6, 6.07) is 16.1. The van der Waals surface area contributed by atoms with Gasteiger partial charge in [0.05, 0.1) is 12.5 Å². The van der Waals surface area contributed by atoms with Crippen LogP contribution in [0.3, 0.4) is 0 Å². The van der Waals surface area contributed by atoms with E-state index in [4.69, 9.17) is 11.6 Å². The fourth-order valence-corrected chi connectivity index (χ4v) is 3.78. The van der Waals surface area contributed by atoms with Gasteiger partial charge in [0.25, 0.3) is 0 Å². The summed E-state index contributed by atoms with van der Waals surface area (Å²) in [7, 11) is 0.